The number of hydrogen-bond acceptors (Lipinski definition) is 3. The Balaban J connectivity index is 1.76. The van der Waals surface area contributed by atoms with Gasteiger partial charge in [-0.2, -0.15) is 0 Å². The first-order valence-corrected chi connectivity index (χ1v) is 9.24. The Hall–Kier alpha value is -2.38. The van der Waals surface area contributed by atoms with Crippen LogP contribution in [0.1, 0.15) is 27.9 Å². The molecule has 28 heavy (non-hydrogen) atoms. The van der Waals surface area contributed by atoms with E-state index in [0.29, 0.717) is 26.1 Å². The van der Waals surface area contributed by atoms with Crippen molar-refractivity contribution in [2.75, 3.05) is 26.2 Å². The third-order valence-electron chi connectivity index (χ3n) is 5.15. The van der Waals surface area contributed by atoms with E-state index < -0.39 is 23.1 Å². The van der Waals surface area contributed by atoms with Crippen LogP contribution in [-0.2, 0) is 6.54 Å². The number of halogens is 3. The number of hydrogen-bond donors (Lipinski definition) is 1. The van der Waals surface area contributed by atoms with Gasteiger partial charge in [-0.25, -0.2) is 13.2 Å². The first kappa shape index (κ1) is 20.4. The molecule has 0 saturated carbocycles. The van der Waals surface area contributed by atoms with Gasteiger partial charge in [-0.15, -0.1) is 0 Å². The number of piperazine rings is 1. The minimum Gasteiger partial charge on any atom is -0.396 e. The van der Waals surface area contributed by atoms with Gasteiger partial charge in [-0.3, -0.25) is 9.69 Å². The summed E-state index contributed by atoms with van der Waals surface area (Å²) in [6.07, 6.45) is 0.420. The summed E-state index contributed by atoms with van der Waals surface area (Å²) in [5.41, 5.74) is 0.598. The van der Waals surface area contributed by atoms with Gasteiger partial charge in [0.2, 0.25) is 0 Å². The number of benzene rings is 2. The Kier molecular flexibility index (Phi) is 6.36. The molecular formula is C21H23F3N2O2. The van der Waals surface area contributed by atoms with E-state index in [9.17, 15) is 23.1 Å². The third kappa shape index (κ3) is 4.36. The van der Waals surface area contributed by atoms with E-state index in [1.165, 1.54) is 30.0 Å². The predicted octanol–water partition coefficient (Wildman–Crippen LogP) is 3.12. The van der Waals surface area contributed by atoms with Crippen LogP contribution in [0.5, 0.6) is 0 Å². The topological polar surface area (TPSA) is 43.8 Å². The molecule has 7 heteroatoms. The highest BCUT2D eigenvalue weighted by Gasteiger charge is 2.32. The van der Waals surface area contributed by atoms with Gasteiger partial charge in [0.25, 0.3) is 5.91 Å². The van der Waals surface area contributed by atoms with Gasteiger partial charge in [0.05, 0.1) is 0 Å². The average molecular weight is 392 g/mol. The second-order valence-electron chi connectivity index (χ2n) is 7.07. The van der Waals surface area contributed by atoms with E-state index in [1.807, 2.05) is 0 Å². The highest BCUT2D eigenvalue weighted by molar-refractivity contribution is 5.95. The quantitative estimate of drug-likeness (QED) is 0.850. The lowest BCUT2D eigenvalue weighted by molar-refractivity contribution is 0.0388. The number of aliphatic hydroxyl groups excluding tert-OH is 1. The molecule has 1 unspecified atom stereocenters. The fourth-order valence-electron chi connectivity index (χ4n) is 3.54. The van der Waals surface area contributed by atoms with Crippen molar-refractivity contribution in [3.63, 3.8) is 0 Å². The Labute approximate surface area is 162 Å². The smallest absolute Gasteiger partial charge is 0.259 e. The number of carbonyl (C=O) groups is 1. The first-order valence-electron chi connectivity index (χ1n) is 9.24. The van der Waals surface area contributed by atoms with E-state index in [-0.39, 0.29) is 30.6 Å². The highest BCUT2D eigenvalue weighted by Crippen LogP contribution is 2.22. The lowest BCUT2D eigenvalue weighted by Gasteiger charge is -2.41. The van der Waals surface area contributed by atoms with E-state index in [2.05, 4.69) is 4.90 Å². The van der Waals surface area contributed by atoms with Crippen LogP contribution in [-0.4, -0.2) is 53.1 Å². The summed E-state index contributed by atoms with van der Waals surface area (Å²) < 4.78 is 41.6. The molecule has 0 bridgehead atoms. The summed E-state index contributed by atoms with van der Waals surface area (Å²) >= 11 is 0. The predicted molar refractivity (Wildman–Crippen MR) is 99.3 cm³/mol. The number of nitrogens with zero attached hydrogens (tertiary/aromatic N) is 2. The molecule has 1 aliphatic heterocycles. The van der Waals surface area contributed by atoms with Crippen molar-refractivity contribution in [3.8, 4) is 0 Å². The first-order chi connectivity index (χ1) is 13.4. The van der Waals surface area contributed by atoms with Gasteiger partial charge in [0.1, 0.15) is 23.0 Å². The minimum absolute atomic E-state index is 0.0697. The van der Waals surface area contributed by atoms with Crippen LogP contribution in [0, 0.1) is 24.4 Å². The zero-order valence-corrected chi connectivity index (χ0v) is 15.7. The molecule has 4 nitrogen and oxygen atoms in total. The van der Waals surface area contributed by atoms with E-state index in [0.717, 1.165) is 11.6 Å². The van der Waals surface area contributed by atoms with Crippen LogP contribution >= 0.6 is 0 Å². The SMILES string of the molecule is Cc1ccc(F)c(C(=O)N2CCN(Cc3ccc(F)cc3)C(CCO)C2)c1F. The molecule has 1 amide bonds. The van der Waals surface area contributed by atoms with Gasteiger partial charge >= 0.3 is 0 Å². The lowest BCUT2D eigenvalue weighted by Crippen LogP contribution is -2.54. The van der Waals surface area contributed by atoms with Crippen LogP contribution in [0.15, 0.2) is 36.4 Å². The largest absolute Gasteiger partial charge is 0.396 e. The van der Waals surface area contributed by atoms with Crippen molar-refractivity contribution in [3.05, 3.63) is 70.5 Å². The highest BCUT2D eigenvalue weighted by atomic mass is 19.1. The van der Waals surface area contributed by atoms with Gasteiger partial charge in [-0.1, -0.05) is 18.2 Å². The van der Waals surface area contributed by atoms with Crippen LogP contribution < -0.4 is 0 Å². The second-order valence-corrected chi connectivity index (χ2v) is 7.07. The van der Waals surface area contributed by atoms with Gasteiger partial charge in [0.15, 0.2) is 0 Å². The second kappa shape index (κ2) is 8.75. The Morgan fingerprint density at radius 1 is 1.11 bits per heavy atom. The van der Waals surface area contributed by atoms with Crippen LogP contribution in [0.3, 0.4) is 0 Å². The summed E-state index contributed by atoms with van der Waals surface area (Å²) in [4.78, 5) is 16.3. The van der Waals surface area contributed by atoms with Crippen molar-refractivity contribution in [2.24, 2.45) is 0 Å². The number of aryl methyl sites for hydroxylation is 1. The van der Waals surface area contributed by atoms with E-state index in [4.69, 9.17) is 0 Å². The fourth-order valence-corrected chi connectivity index (χ4v) is 3.54. The van der Waals surface area contributed by atoms with Crippen molar-refractivity contribution in [1.82, 2.24) is 9.80 Å². The van der Waals surface area contributed by atoms with Gasteiger partial charge in [0, 0.05) is 38.8 Å². The zero-order chi connectivity index (χ0) is 20.3. The lowest BCUT2D eigenvalue weighted by atomic mass is 10.0. The van der Waals surface area contributed by atoms with E-state index >= 15 is 0 Å². The van der Waals surface area contributed by atoms with Crippen LogP contribution in [0.4, 0.5) is 13.2 Å². The monoisotopic (exact) mass is 392 g/mol. The summed E-state index contributed by atoms with van der Waals surface area (Å²) in [6.45, 7) is 3.02. The molecule has 1 saturated heterocycles. The average Bonchev–Trinajstić information content (AvgIpc) is 2.68. The number of rotatable bonds is 5. The molecule has 0 radical (unpaired) electrons. The molecule has 1 atom stereocenters. The molecule has 3 rings (SSSR count). The standard InChI is InChI=1S/C21H23F3N2O2/c1-14-2-7-18(23)19(20(14)24)21(28)26-10-9-25(17(13-26)8-11-27)12-15-3-5-16(22)6-4-15/h2-7,17,27H,8-13H2,1H3. The zero-order valence-electron chi connectivity index (χ0n) is 15.7. The molecule has 1 fully saturated rings. The summed E-state index contributed by atoms with van der Waals surface area (Å²) in [7, 11) is 0. The molecular weight excluding hydrogens is 369 g/mol. The fraction of sp³-hybridized carbons (Fsp3) is 0.381. The molecule has 0 spiro atoms. The maximum atomic E-state index is 14.3. The van der Waals surface area contributed by atoms with Gasteiger partial charge < -0.3 is 10.0 Å². The van der Waals surface area contributed by atoms with Crippen molar-refractivity contribution in [2.45, 2.75) is 25.9 Å². The summed E-state index contributed by atoms with van der Waals surface area (Å²) in [5.74, 6) is -2.70. The molecule has 1 heterocycles. The van der Waals surface area contributed by atoms with Crippen molar-refractivity contribution in [1.29, 1.82) is 0 Å². The molecule has 2 aromatic carbocycles. The molecule has 0 aromatic heterocycles. The molecule has 150 valence electrons. The Bertz CT molecular complexity index is 842. The molecule has 0 aliphatic carbocycles. The van der Waals surface area contributed by atoms with E-state index in [1.54, 1.807) is 12.1 Å². The normalized spacial score (nSPS) is 17.8. The summed E-state index contributed by atoms with van der Waals surface area (Å²) in [6, 6.07) is 8.40. The van der Waals surface area contributed by atoms with Crippen molar-refractivity contribution >= 4 is 5.91 Å². The Morgan fingerprint density at radius 3 is 2.50 bits per heavy atom. The molecule has 1 aliphatic rings. The summed E-state index contributed by atoms with van der Waals surface area (Å²) in [5, 5.41) is 9.41. The maximum absolute atomic E-state index is 14.3. The third-order valence-corrected chi connectivity index (χ3v) is 5.15. The van der Waals surface area contributed by atoms with Crippen LogP contribution in [0.2, 0.25) is 0 Å². The maximum Gasteiger partial charge on any atom is 0.259 e. The van der Waals surface area contributed by atoms with Gasteiger partial charge in [-0.05, 0) is 42.7 Å². The minimum atomic E-state index is -0.874. The number of amides is 1. The molecule has 1 N–H and O–H groups in total. The number of carbonyl (C=O) groups excluding carboxylic acids is 1. The van der Waals surface area contributed by atoms with Crippen molar-refractivity contribution < 1.29 is 23.1 Å². The van der Waals surface area contributed by atoms with Crippen LogP contribution in [0.25, 0.3) is 0 Å². The molecule has 2 aromatic rings. The number of aliphatic hydroxyl groups is 1. The Morgan fingerprint density at radius 2 is 1.82 bits per heavy atom.